The normalized spacial score (nSPS) is 16.7. The Hall–Kier alpha value is -3.08. The van der Waals surface area contributed by atoms with E-state index in [2.05, 4.69) is 11.2 Å². The second-order valence-corrected chi connectivity index (χ2v) is 5.99. The average molecular weight is 351 g/mol. The standard InChI is InChI=1S/C19H17N3O4/c1-12-3-6-17-16(7-12)13(9-20)10-22(17)14-4-5-15(19(23)21-24)18(8-14)26-11-25-2/h3-7,10,18H,8,11H2,1-2H3. The van der Waals surface area contributed by atoms with Gasteiger partial charge in [-0.3, -0.25) is 4.79 Å². The first-order chi connectivity index (χ1) is 12.6. The lowest BCUT2D eigenvalue weighted by Gasteiger charge is -2.23. The van der Waals surface area contributed by atoms with Crippen molar-refractivity contribution >= 4 is 22.5 Å². The van der Waals surface area contributed by atoms with E-state index < -0.39 is 12.0 Å². The molecule has 1 atom stereocenters. The first-order valence-corrected chi connectivity index (χ1v) is 8.00. The molecule has 3 rings (SSSR count). The summed E-state index contributed by atoms with van der Waals surface area (Å²) in [6.45, 7) is 1.95. The summed E-state index contributed by atoms with van der Waals surface area (Å²) in [5.74, 6) is -0.855. The minimum absolute atomic E-state index is 0.0174. The minimum Gasteiger partial charge on any atom is -0.359 e. The number of amides is 1. The summed E-state index contributed by atoms with van der Waals surface area (Å²) < 4.78 is 12.4. The highest BCUT2D eigenvalue weighted by atomic mass is 16.7. The van der Waals surface area contributed by atoms with Crippen LogP contribution in [0.2, 0.25) is 0 Å². The highest BCUT2D eigenvalue weighted by Gasteiger charge is 2.27. The highest BCUT2D eigenvalue weighted by molar-refractivity contribution is 5.97. The van der Waals surface area contributed by atoms with E-state index in [4.69, 9.17) is 9.47 Å². The Morgan fingerprint density at radius 1 is 1.42 bits per heavy atom. The third-order valence-electron chi connectivity index (χ3n) is 4.30. The van der Waals surface area contributed by atoms with Crippen LogP contribution in [0.1, 0.15) is 17.5 Å². The Morgan fingerprint density at radius 2 is 2.23 bits per heavy atom. The molecule has 0 radical (unpaired) electrons. The zero-order valence-electron chi connectivity index (χ0n) is 14.4. The van der Waals surface area contributed by atoms with Crippen molar-refractivity contribution in [2.75, 3.05) is 13.9 Å². The van der Waals surface area contributed by atoms with Gasteiger partial charge in [0.05, 0.1) is 22.8 Å². The van der Waals surface area contributed by atoms with Crippen molar-refractivity contribution in [3.05, 3.63) is 58.2 Å². The third-order valence-corrected chi connectivity index (χ3v) is 4.30. The topological polar surface area (TPSA) is 93.7 Å². The van der Waals surface area contributed by atoms with Crippen molar-refractivity contribution < 1.29 is 14.3 Å². The number of hydrogen-bond acceptors (Lipinski definition) is 5. The number of carbonyl (C=O) groups excluding carboxylic acids is 1. The fraction of sp³-hybridized carbons (Fsp3) is 0.263. The monoisotopic (exact) mass is 351 g/mol. The Morgan fingerprint density at radius 3 is 2.92 bits per heavy atom. The van der Waals surface area contributed by atoms with Gasteiger partial charge in [-0.25, -0.2) is 0 Å². The molecule has 0 spiro atoms. The number of allylic oxidation sites excluding steroid dienone is 2. The van der Waals surface area contributed by atoms with E-state index >= 15 is 0 Å². The van der Waals surface area contributed by atoms with Gasteiger partial charge < -0.3 is 14.0 Å². The van der Waals surface area contributed by atoms with Crippen molar-refractivity contribution in [2.24, 2.45) is 5.18 Å². The summed E-state index contributed by atoms with van der Waals surface area (Å²) in [4.78, 5) is 22.4. The van der Waals surface area contributed by atoms with Crippen molar-refractivity contribution in [2.45, 2.75) is 19.4 Å². The quantitative estimate of drug-likeness (QED) is 0.609. The number of hydrogen-bond donors (Lipinski definition) is 0. The van der Waals surface area contributed by atoms with Gasteiger partial charge in [-0.2, -0.15) is 5.26 Å². The molecule has 0 fully saturated rings. The van der Waals surface area contributed by atoms with Gasteiger partial charge in [0.2, 0.25) is 0 Å². The Kier molecular flexibility index (Phi) is 5.07. The molecule has 1 aromatic carbocycles. The van der Waals surface area contributed by atoms with Crippen molar-refractivity contribution in [3.63, 3.8) is 0 Å². The number of benzene rings is 1. The van der Waals surface area contributed by atoms with Gasteiger partial charge >= 0.3 is 5.91 Å². The maximum absolute atomic E-state index is 11.7. The van der Waals surface area contributed by atoms with E-state index in [-0.39, 0.29) is 12.4 Å². The van der Waals surface area contributed by atoms with Crippen LogP contribution >= 0.6 is 0 Å². The van der Waals surface area contributed by atoms with Crippen LogP contribution < -0.4 is 0 Å². The van der Waals surface area contributed by atoms with Gasteiger partial charge in [-0.05, 0) is 31.2 Å². The molecule has 132 valence electrons. The van der Waals surface area contributed by atoms with Gasteiger partial charge in [0.15, 0.2) is 0 Å². The summed E-state index contributed by atoms with van der Waals surface area (Å²) >= 11 is 0. The number of nitroso groups, excluding NO2 is 1. The van der Waals surface area contributed by atoms with Crippen molar-refractivity contribution in [1.29, 1.82) is 5.26 Å². The zero-order valence-corrected chi connectivity index (χ0v) is 14.4. The van der Waals surface area contributed by atoms with Gasteiger partial charge in [-0.1, -0.05) is 11.6 Å². The van der Waals surface area contributed by atoms with E-state index in [1.54, 1.807) is 12.3 Å². The highest BCUT2D eigenvalue weighted by Crippen LogP contribution is 2.31. The maximum atomic E-state index is 11.7. The fourth-order valence-electron chi connectivity index (χ4n) is 3.07. The smallest absolute Gasteiger partial charge is 0.315 e. The second kappa shape index (κ2) is 7.44. The van der Waals surface area contributed by atoms with Crippen LogP contribution in [-0.4, -0.2) is 30.5 Å². The van der Waals surface area contributed by atoms with E-state index in [1.165, 1.54) is 13.2 Å². The van der Waals surface area contributed by atoms with Crippen molar-refractivity contribution in [3.8, 4) is 6.07 Å². The molecular formula is C19H17N3O4. The number of aromatic nitrogens is 1. The molecule has 1 aromatic heterocycles. The first-order valence-electron chi connectivity index (χ1n) is 8.00. The van der Waals surface area contributed by atoms with Gasteiger partial charge in [0.1, 0.15) is 12.9 Å². The summed E-state index contributed by atoms with van der Waals surface area (Å²) in [7, 11) is 1.48. The van der Waals surface area contributed by atoms with Crippen molar-refractivity contribution in [1.82, 2.24) is 4.57 Å². The predicted octanol–water partition coefficient (Wildman–Crippen LogP) is 3.27. The van der Waals surface area contributed by atoms with Gasteiger partial charge in [-0.15, -0.1) is 4.91 Å². The number of ether oxygens (including phenoxy) is 2. The first kappa shape index (κ1) is 17.7. The van der Waals surface area contributed by atoms with Crippen LogP contribution in [0.25, 0.3) is 16.6 Å². The van der Waals surface area contributed by atoms with Crippen LogP contribution in [0.3, 0.4) is 0 Å². The molecule has 7 heteroatoms. The maximum Gasteiger partial charge on any atom is 0.315 e. The largest absolute Gasteiger partial charge is 0.359 e. The molecule has 7 nitrogen and oxygen atoms in total. The van der Waals surface area contributed by atoms with Crippen LogP contribution in [-0.2, 0) is 14.3 Å². The molecule has 1 aliphatic rings. The fourth-order valence-corrected chi connectivity index (χ4v) is 3.07. The number of carbonyl (C=O) groups is 1. The molecule has 0 aliphatic heterocycles. The molecule has 0 saturated carbocycles. The molecule has 1 aliphatic carbocycles. The summed E-state index contributed by atoms with van der Waals surface area (Å²) in [5, 5.41) is 12.8. The number of nitrogens with zero attached hydrogens (tertiary/aromatic N) is 3. The zero-order chi connectivity index (χ0) is 18.7. The Bertz CT molecular complexity index is 979. The molecule has 1 unspecified atom stereocenters. The van der Waals surface area contributed by atoms with E-state index in [9.17, 15) is 15.0 Å². The van der Waals surface area contributed by atoms with E-state index in [0.29, 0.717) is 12.0 Å². The Labute approximate surface area is 150 Å². The second-order valence-electron chi connectivity index (χ2n) is 5.99. The number of aryl methyl sites for hydroxylation is 1. The molecule has 0 bridgehead atoms. The van der Waals surface area contributed by atoms with Crippen LogP contribution in [0.5, 0.6) is 0 Å². The lowest BCUT2D eigenvalue weighted by molar-refractivity contribution is -0.117. The molecule has 0 saturated heterocycles. The number of nitriles is 1. The lowest BCUT2D eigenvalue weighted by atomic mass is 9.98. The van der Waals surface area contributed by atoms with E-state index in [0.717, 1.165) is 22.2 Å². The molecule has 1 heterocycles. The van der Waals surface area contributed by atoms with Gasteiger partial charge in [0, 0.05) is 36.0 Å². The number of rotatable bonds is 5. The minimum atomic E-state index is -0.855. The third kappa shape index (κ3) is 3.20. The molecule has 26 heavy (non-hydrogen) atoms. The summed E-state index contributed by atoms with van der Waals surface area (Å²) in [5.41, 5.74) is 3.55. The summed E-state index contributed by atoms with van der Waals surface area (Å²) in [6, 6.07) is 8.11. The van der Waals surface area contributed by atoms with Crippen LogP contribution in [0, 0.1) is 23.2 Å². The Balaban J connectivity index is 2.07. The molecule has 2 aromatic rings. The summed E-state index contributed by atoms with van der Waals surface area (Å²) in [6.07, 6.45) is 4.75. The predicted molar refractivity (Wildman–Crippen MR) is 95.9 cm³/mol. The molecule has 1 amide bonds. The lowest BCUT2D eigenvalue weighted by Crippen LogP contribution is -2.25. The van der Waals surface area contributed by atoms with Gasteiger partial charge in [0.25, 0.3) is 0 Å². The van der Waals surface area contributed by atoms with Crippen LogP contribution in [0.15, 0.2) is 47.3 Å². The average Bonchev–Trinajstić information content (AvgIpc) is 3.03. The molecular weight excluding hydrogens is 334 g/mol. The van der Waals surface area contributed by atoms with Crippen LogP contribution in [0.4, 0.5) is 0 Å². The van der Waals surface area contributed by atoms with E-state index in [1.807, 2.05) is 29.7 Å². The number of methoxy groups -OCH3 is 1. The number of fused-ring (bicyclic) bond motifs is 1. The SMILES string of the molecule is COCOC1CC(n2cc(C#N)c3cc(C)ccc32)=CC=C1C(=O)N=O. The molecule has 0 N–H and O–H groups in total.